The number of ether oxygens (including phenoxy) is 1. The number of aryl methyl sites for hydroxylation is 1. The normalized spacial score (nSPS) is 18.5. The van der Waals surface area contributed by atoms with Crippen LogP contribution < -0.4 is 4.90 Å². The SMILES string of the molecule is Cc1ccc(C2=CC(c3ccccc3)n3nnnc3N2CC(=O)N2CCOCC2)cc1. The molecule has 1 fully saturated rings. The first kappa shape index (κ1) is 19.4. The smallest absolute Gasteiger partial charge is 0.251 e. The zero-order valence-corrected chi connectivity index (χ0v) is 17.4. The monoisotopic (exact) mass is 416 g/mol. The zero-order chi connectivity index (χ0) is 21.2. The first-order valence-corrected chi connectivity index (χ1v) is 10.5. The van der Waals surface area contributed by atoms with Gasteiger partial charge in [0.2, 0.25) is 5.91 Å². The minimum atomic E-state index is -0.155. The zero-order valence-electron chi connectivity index (χ0n) is 17.4. The number of fused-ring (bicyclic) bond motifs is 1. The van der Waals surface area contributed by atoms with Crippen molar-refractivity contribution in [2.24, 2.45) is 0 Å². The average Bonchev–Trinajstić information content (AvgIpc) is 3.31. The van der Waals surface area contributed by atoms with Crippen molar-refractivity contribution in [3.8, 4) is 0 Å². The summed E-state index contributed by atoms with van der Waals surface area (Å²) in [4.78, 5) is 16.9. The molecule has 2 aliphatic heterocycles. The maximum atomic E-state index is 13.1. The lowest BCUT2D eigenvalue weighted by atomic mass is 10.00. The number of benzene rings is 2. The van der Waals surface area contributed by atoms with Crippen LogP contribution in [0.4, 0.5) is 5.95 Å². The molecule has 8 heteroatoms. The largest absolute Gasteiger partial charge is 0.378 e. The molecule has 1 amide bonds. The molecule has 2 aliphatic rings. The molecule has 1 atom stereocenters. The Hall–Kier alpha value is -3.52. The van der Waals surface area contributed by atoms with Gasteiger partial charge in [-0.1, -0.05) is 65.3 Å². The Labute approximate surface area is 180 Å². The van der Waals surface area contributed by atoms with E-state index in [1.54, 1.807) is 4.68 Å². The number of hydrogen-bond acceptors (Lipinski definition) is 6. The maximum Gasteiger partial charge on any atom is 0.251 e. The van der Waals surface area contributed by atoms with Crippen LogP contribution >= 0.6 is 0 Å². The first-order chi connectivity index (χ1) is 15.2. The molecule has 158 valence electrons. The molecule has 0 radical (unpaired) electrons. The molecule has 0 N–H and O–H groups in total. The number of morpholine rings is 1. The third kappa shape index (κ3) is 3.82. The number of carbonyl (C=O) groups excluding carboxylic acids is 1. The van der Waals surface area contributed by atoms with Crippen molar-refractivity contribution in [3.05, 3.63) is 77.4 Å². The van der Waals surface area contributed by atoms with Crippen LogP contribution in [0.5, 0.6) is 0 Å². The fraction of sp³-hybridized carbons (Fsp3) is 0.304. The third-order valence-corrected chi connectivity index (χ3v) is 5.73. The Bertz CT molecular complexity index is 1090. The van der Waals surface area contributed by atoms with Crippen molar-refractivity contribution >= 4 is 17.6 Å². The molecule has 0 saturated carbocycles. The maximum absolute atomic E-state index is 13.1. The number of allylic oxidation sites excluding steroid dienone is 1. The molecule has 1 saturated heterocycles. The van der Waals surface area contributed by atoms with Gasteiger partial charge in [-0.15, -0.1) is 0 Å². The Morgan fingerprint density at radius 2 is 1.81 bits per heavy atom. The van der Waals surface area contributed by atoms with E-state index in [1.165, 1.54) is 5.56 Å². The highest BCUT2D eigenvalue weighted by molar-refractivity contribution is 5.89. The van der Waals surface area contributed by atoms with Crippen LogP contribution in [-0.2, 0) is 9.53 Å². The van der Waals surface area contributed by atoms with E-state index in [0.29, 0.717) is 32.3 Å². The van der Waals surface area contributed by atoms with Crippen molar-refractivity contribution in [1.82, 2.24) is 25.1 Å². The lowest BCUT2D eigenvalue weighted by Gasteiger charge is -2.34. The fourth-order valence-electron chi connectivity index (χ4n) is 4.03. The van der Waals surface area contributed by atoms with E-state index in [1.807, 2.05) is 28.0 Å². The van der Waals surface area contributed by atoms with Gasteiger partial charge in [-0.25, -0.2) is 0 Å². The van der Waals surface area contributed by atoms with Crippen molar-refractivity contribution in [1.29, 1.82) is 0 Å². The molecular weight excluding hydrogens is 392 g/mol. The molecule has 5 rings (SSSR count). The number of aromatic nitrogens is 4. The number of amides is 1. The average molecular weight is 416 g/mol. The summed E-state index contributed by atoms with van der Waals surface area (Å²) in [5.41, 5.74) is 4.22. The summed E-state index contributed by atoms with van der Waals surface area (Å²) in [5.74, 6) is 0.600. The van der Waals surface area contributed by atoms with E-state index < -0.39 is 0 Å². The fourth-order valence-corrected chi connectivity index (χ4v) is 4.03. The van der Waals surface area contributed by atoms with Crippen LogP contribution in [0, 0.1) is 6.92 Å². The molecule has 31 heavy (non-hydrogen) atoms. The van der Waals surface area contributed by atoms with Gasteiger partial charge in [0.15, 0.2) is 0 Å². The van der Waals surface area contributed by atoms with Gasteiger partial charge in [0.25, 0.3) is 5.95 Å². The lowest BCUT2D eigenvalue weighted by molar-refractivity contribution is -0.133. The number of carbonyl (C=O) groups is 1. The van der Waals surface area contributed by atoms with Gasteiger partial charge >= 0.3 is 0 Å². The molecular formula is C23H24N6O2. The summed E-state index contributed by atoms with van der Waals surface area (Å²) in [6.45, 7) is 4.58. The third-order valence-electron chi connectivity index (χ3n) is 5.73. The summed E-state index contributed by atoms with van der Waals surface area (Å²) < 4.78 is 7.17. The minimum absolute atomic E-state index is 0.0361. The van der Waals surface area contributed by atoms with Gasteiger partial charge in [0.05, 0.1) is 18.9 Å². The molecule has 8 nitrogen and oxygen atoms in total. The highest BCUT2D eigenvalue weighted by Gasteiger charge is 2.33. The predicted octanol–water partition coefficient (Wildman–Crippen LogP) is 2.29. The summed E-state index contributed by atoms with van der Waals surface area (Å²) in [6.07, 6.45) is 2.13. The van der Waals surface area contributed by atoms with E-state index >= 15 is 0 Å². The molecule has 1 aromatic heterocycles. The van der Waals surface area contributed by atoms with E-state index in [-0.39, 0.29) is 18.5 Å². The second kappa shape index (κ2) is 8.31. The number of rotatable bonds is 4. The molecule has 1 unspecified atom stereocenters. The first-order valence-electron chi connectivity index (χ1n) is 10.5. The molecule has 0 spiro atoms. The molecule has 0 aliphatic carbocycles. The second-order valence-electron chi connectivity index (χ2n) is 7.78. The highest BCUT2D eigenvalue weighted by Crippen LogP contribution is 2.36. The van der Waals surface area contributed by atoms with E-state index in [9.17, 15) is 4.79 Å². The van der Waals surface area contributed by atoms with Crippen molar-refractivity contribution in [3.63, 3.8) is 0 Å². The van der Waals surface area contributed by atoms with Crippen LogP contribution in [0.3, 0.4) is 0 Å². The number of hydrogen-bond donors (Lipinski definition) is 0. The van der Waals surface area contributed by atoms with E-state index in [4.69, 9.17) is 4.74 Å². The summed E-state index contributed by atoms with van der Waals surface area (Å²) in [5, 5.41) is 12.5. The topological polar surface area (TPSA) is 76.4 Å². The van der Waals surface area contributed by atoms with Gasteiger partial charge < -0.3 is 9.64 Å². The molecule has 2 aromatic carbocycles. The lowest BCUT2D eigenvalue weighted by Crippen LogP contribution is -2.46. The minimum Gasteiger partial charge on any atom is -0.378 e. The van der Waals surface area contributed by atoms with Crippen molar-refractivity contribution in [2.75, 3.05) is 37.7 Å². The highest BCUT2D eigenvalue weighted by atomic mass is 16.5. The quantitative estimate of drug-likeness (QED) is 0.650. The van der Waals surface area contributed by atoms with Crippen LogP contribution in [-0.4, -0.2) is 63.9 Å². The predicted molar refractivity (Wildman–Crippen MR) is 116 cm³/mol. The standard InChI is InChI=1S/C23H24N6O2/c1-17-7-9-19(10-8-17)20-15-21(18-5-3-2-4-6-18)29-23(24-25-26-29)28(20)16-22(30)27-11-13-31-14-12-27/h2-10,15,21H,11-14,16H2,1H3. The van der Waals surface area contributed by atoms with E-state index in [0.717, 1.165) is 16.8 Å². The second-order valence-corrected chi connectivity index (χ2v) is 7.78. The van der Waals surface area contributed by atoms with Gasteiger partial charge in [-0.05, 0) is 34.6 Å². The van der Waals surface area contributed by atoms with Crippen LogP contribution in [0.1, 0.15) is 22.7 Å². The van der Waals surface area contributed by atoms with Crippen LogP contribution in [0.15, 0.2) is 60.7 Å². The molecule has 3 heterocycles. The van der Waals surface area contributed by atoms with Gasteiger partial charge in [0, 0.05) is 13.1 Å². The van der Waals surface area contributed by atoms with Crippen LogP contribution in [0.2, 0.25) is 0 Å². The Morgan fingerprint density at radius 3 is 2.55 bits per heavy atom. The Balaban J connectivity index is 1.56. The molecule has 3 aromatic rings. The van der Waals surface area contributed by atoms with Crippen LogP contribution in [0.25, 0.3) is 5.70 Å². The summed E-state index contributed by atoms with van der Waals surface area (Å²) >= 11 is 0. The van der Waals surface area contributed by atoms with Gasteiger partial charge in [0.1, 0.15) is 12.6 Å². The van der Waals surface area contributed by atoms with Gasteiger partial charge in [-0.3, -0.25) is 9.69 Å². The summed E-state index contributed by atoms with van der Waals surface area (Å²) in [7, 11) is 0. The van der Waals surface area contributed by atoms with E-state index in [2.05, 4.69) is 64.9 Å². The Kier molecular flexibility index (Phi) is 5.21. The number of tetrazole rings is 1. The number of nitrogens with zero attached hydrogens (tertiary/aromatic N) is 6. The van der Waals surface area contributed by atoms with Gasteiger partial charge in [-0.2, -0.15) is 4.68 Å². The summed E-state index contributed by atoms with van der Waals surface area (Å²) in [6, 6.07) is 18.3. The van der Waals surface area contributed by atoms with Crippen molar-refractivity contribution < 1.29 is 9.53 Å². The Morgan fingerprint density at radius 1 is 1.06 bits per heavy atom. The molecule has 0 bridgehead atoms. The van der Waals surface area contributed by atoms with Crippen molar-refractivity contribution in [2.45, 2.75) is 13.0 Å². The number of anilines is 1.